The Balaban J connectivity index is 2.01. The lowest BCUT2D eigenvalue weighted by atomic mass is 9.42. The maximum Gasteiger partial charge on any atom is 0.453 e. The normalized spacial score (nSPS) is 27.5. The van der Waals surface area contributed by atoms with Crippen LogP contribution in [0.25, 0.3) is 0 Å². The molecule has 10 heteroatoms. The Hall–Kier alpha value is -3.04. The van der Waals surface area contributed by atoms with Gasteiger partial charge < -0.3 is 20.1 Å². The predicted octanol–water partition coefficient (Wildman–Crippen LogP) is 8.65. The van der Waals surface area contributed by atoms with Gasteiger partial charge in [-0.25, -0.2) is 0 Å². The van der Waals surface area contributed by atoms with Crippen LogP contribution in [0.1, 0.15) is 95.1 Å². The summed E-state index contributed by atoms with van der Waals surface area (Å²) in [6.45, 7) is 1.83. The molecule has 1 heterocycles. The number of aromatic hydroxyl groups is 2. The molecule has 232 valence electrons. The molecule has 0 aromatic heterocycles. The Labute approximate surface area is 242 Å². The quantitative estimate of drug-likeness (QED) is 0.290. The number of fused-ring (bicyclic) bond motifs is 2. The molecule has 3 atom stereocenters. The number of hydrogen-bond donors (Lipinski definition) is 3. The van der Waals surface area contributed by atoms with Gasteiger partial charge in [0.25, 0.3) is 0 Å². The van der Waals surface area contributed by atoms with Crippen LogP contribution < -0.4 is 4.74 Å². The van der Waals surface area contributed by atoms with Gasteiger partial charge in [0, 0.05) is 28.9 Å². The van der Waals surface area contributed by atoms with Gasteiger partial charge in [0.2, 0.25) is 0 Å². The van der Waals surface area contributed by atoms with E-state index in [1.165, 1.54) is 24.3 Å². The highest BCUT2D eigenvalue weighted by atomic mass is 19.4. The van der Waals surface area contributed by atoms with E-state index in [0.29, 0.717) is 36.8 Å². The van der Waals surface area contributed by atoms with Crippen molar-refractivity contribution in [3.05, 3.63) is 53.6 Å². The number of benzene rings is 2. The predicted molar refractivity (Wildman–Crippen MR) is 147 cm³/mol. The number of carboxylic acid groups (broad SMARTS) is 1. The molecular formula is C32H39F5O5. The van der Waals surface area contributed by atoms with E-state index in [9.17, 15) is 42.1 Å². The van der Waals surface area contributed by atoms with Crippen LogP contribution in [0.3, 0.4) is 0 Å². The van der Waals surface area contributed by atoms with Gasteiger partial charge in [0.15, 0.2) is 0 Å². The summed E-state index contributed by atoms with van der Waals surface area (Å²) in [5.41, 5.74) is -3.02. The zero-order valence-corrected chi connectivity index (χ0v) is 23.8. The molecule has 1 unspecified atom stereocenters. The van der Waals surface area contributed by atoms with Gasteiger partial charge >= 0.3 is 18.1 Å². The fourth-order valence-corrected chi connectivity index (χ4v) is 7.62. The van der Waals surface area contributed by atoms with Crippen LogP contribution in [0.2, 0.25) is 0 Å². The lowest BCUT2D eigenvalue weighted by Crippen LogP contribution is -2.65. The van der Waals surface area contributed by atoms with Crippen molar-refractivity contribution < 1.29 is 46.8 Å². The molecule has 2 aliphatic rings. The molecule has 3 N–H and O–H groups in total. The molecule has 2 aromatic rings. The number of hydrogen-bond acceptors (Lipinski definition) is 4. The number of ether oxygens (including phenoxy) is 1. The van der Waals surface area contributed by atoms with Gasteiger partial charge in [-0.2, -0.15) is 22.0 Å². The van der Waals surface area contributed by atoms with Crippen molar-refractivity contribution >= 4 is 5.97 Å². The first-order valence-corrected chi connectivity index (χ1v) is 14.6. The summed E-state index contributed by atoms with van der Waals surface area (Å²) in [7, 11) is 0. The minimum atomic E-state index is -5.74. The molecule has 2 aromatic carbocycles. The molecule has 0 saturated heterocycles. The minimum absolute atomic E-state index is 0.000211. The fourth-order valence-electron chi connectivity index (χ4n) is 7.62. The van der Waals surface area contributed by atoms with E-state index in [4.69, 9.17) is 4.74 Å². The van der Waals surface area contributed by atoms with Crippen LogP contribution in [0.4, 0.5) is 22.0 Å². The van der Waals surface area contributed by atoms with E-state index in [2.05, 4.69) is 0 Å². The number of phenolic OH excluding ortho intramolecular Hbond substituents is 2. The number of halogens is 5. The molecule has 0 amide bonds. The van der Waals surface area contributed by atoms with Crippen LogP contribution in [0.15, 0.2) is 42.5 Å². The Morgan fingerprint density at radius 2 is 1.43 bits per heavy atom. The highest BCUT2D eigenvalue weighted by Crippen LogP contribution is 2.65. The zero-order chi connectivity index (χ0) is 30.8. The summed E-state index contributed by atoms with van der Waals surface area (Å²) in [5.74, 6) is -6.03. The van der Waals surface area contributed by atoms with E-state index in [1.54, 1.807) is 18.2 Å². The van der Waals surface area contributed by atoms with Crippen molar-refractivity contribution in [3.63, 3.8) is 0 Å². The molecule has 1 aliphatic heterocycles. The molecule has 0 bridgehead atoms. The highest BCUT2D eigenvalue weighted by molar-refractivity contribution is 5.79. The van der Waals surface area contributed by atoms with E-state index in [0.717, 1.165) is 25.7 Å². The average molecular weight is 599 g/mol. The SMILES string of the molecule is C[C@]1(c2ccc(O)cc2)COc2cc(O)ccc2[C@@]12CCCCCCCCCC2(CCCC(F)(F)C(F)(F)F)C(=O)O. The second kappa shape index (κ2) is 11.9. The summed E-state index contributed by atoms with van der Waals surface area (Å²) < 4.78 is 73.9. The van der Waals surface area contributed by atoms with Crippen molar-refractivity contribution in [3.8, 4) is 17.2 Å². The lowest BCUT2D eigenvalue weighted by Gasteiger charge is -2.61. The van der Waals surface area contributed by atoms with Crippen LogP contribution in [0.5, 0.6) is 17.2 Å². The maximum absolute atomic E-state index is 14.2. The number of carbonyl (C=O) groups is 1. The number of alkyl halides is 5. The smallest absolute Gasteiger partial charge is 0.453 e. The summed E-state index contributed by atoms with van der Waals surface area (Å²) >= 11 is 0. The van der Waals surface area contributed by atoms with Crippen LogP contribution in [-0.4, -0.2) is 40.0 Å². The van der Waals surface area contributed by atoms with Crippen LogP contribution >= 0.6 is 0 Å². The number of rotatable bonds is 6. The van der Waals surface area contributed by atoms with Gasteiger partial charge in [-0.1, -0.05) is 70.1 Å². The summed E-state index contributed by atoms with van der Waals surface area (Å²) in [6, 6.07) is 10.8. The van der Waals surface area contributed by atoms with E-state index < -0.39 is 53.6 Å². The van der Waals surface area contributed by atoms with Crippen LogP contribution in [-0.2, 0) is 15.6 Å². The lowest BCUT2D eigenvalue weighted by molar-refractivity contribution is -0.285. The second-order valence-corrected chi connectivity index (χ2v) is 12.2. The first-order valence-electron chi connectivity index (χ1n) is 14.6. The van der Waals surface area contributed by atoms with Gasteiger partial charge in [-0.3, -0.25) is 4.79 Å². The Morgan fingerprint density at radius 1 is 0.857 bits per heavy atom. The molecule has 4 rings (SSSR count). The molecule has 1 fully saturated rings. The van der Waals surface area contributed by atoms with Crippen molar-refractivity contribution in [2.45, 2.75) is 107 Å². The van der Waals surface area contributed by atoms with Gasteiger partial charge in [0.1, 0.15) is 17.2 Å². The zero-order valence-electron chi connectivity index (χ0n) is 23.8. The number of carboxylic acids is 1. The fraction of sp³-hybridized carbons (Fsp3) is 0.594. The van der Waals surface area contributed by atoms with E-state index in [-0.39, 0.29) is 30.3 Å². The molecule has 42 heavy (non-hydrogen) atoms. The van der Waals surface area contributed by atoms with Gasteiger partial charge in [-0.15, -0.1) is 0 Å². The maximum atomic E-state index is 14.2. The van der Waals surface area contributed by atoms with Crippen molar-refractivity contribution in [2.24, 2.45) is 5.41 Å². The van der Waals surface area contributed by atoms with Gasteiger partial charge in [-0.05, 0) is 49.4 Å². The van der Waals surface area contributed by atoms with Crippen LogP contribution in [0, 0.1) is 5.41 Å². The number of aliphatic carboxylic acids is 1. The third-order valence-electron chi connectivity index (χ3n) is 9.78. The monoisotopic (exact) mass is 598 g/mol. The Kier molecular flexibility index (Phi) is 9.05. The third kappa shape index (κ3) is 5.53. The van der Waals surface area contributed by atoms with Crippen molar-refractivity contribution in [2.75, 3.05) is 6.61 Å². The topological polar surface area (TPSA) is 87.0 Å². The molecular weight excluding hydrogens is 559 g/mol. The minimum Gasteiger partial charge on any atom is -0.508 e. The molecule has 1 aliphatic carbocycles. The second-order valence-electron chi connectivity index (χ2n) is 12.2. The van der Waals surface area contributed by atoms with E-state index >= 15 is 0 Å². The number of phenols is 2. The van der Waals surface area contributed by atoms with Gasteiger partial charge in [0.05, 0.1) is 12.0 Å². The van der Waals surface area contributed by atoms with Crippen molar-refractivity contribution in [1.82, 2.24) is 0 Å². The standard InChI is InChI=1S/C32H39F5O5/c1-28(22-10-12-23(38)13-11-22)21-42-26-20-24(39)14-15-25(26)30(28)18-8-6-4-2-3-5-7-16-29(30,27(40)41)17-9-19-31(33,34)32(35,36)37/h10-15,20,38-39H,2-9,16-19,21H2,1H3,(H,40,41)/t28-,29?,30+/m1/s1. The highest BCUT2D eigenvalue weighted by Gasteiger charge is 2.67. The average Bonchev–Trinajstić information content (AvgIpc) is 2.95. The molecule has 0 radical (unpaired) electrons. The third-order valence-corrected chi connectivity index (χ3v) is 9.78. The molecule has 5 nitrogen and oxygen atoms in total. The van der Waals surface area contributed by atoms with Crippen molar-refractivity contribution in [1.29, 1.82) is 0 Å². The summed E-state index contributed by atoms with van der Waals surface area (Å²) in [6.07, 6.45) is -2.58. The Morgan fingerprint density at radius 3 is 2.02 bits per heavy atom. The van der Waals surface area contributed by atoms with E-state index in [1.807, 2.05) is 6.92 Å². The Bertz CT molecular complexity index is 1250. The summed E-state index contributed by atoms with van der Waals surface area (Å²) in [4.78, 5) is 13.8. The largest absolute Gasteiger partial charge is 0.508 e. The first kappa shape index (κ1) is 31.9. The molecule has 1 spiro atoms. The molecule has 1 saturated carbocycles. The summed E-state index contributed by atoms with van der Waals surface area (Å²) in [5, 5.41) is 31.6. The first-order chi connectivity index (χ1) is 19.7.